The average Bonchev–Trinajstić information content (AvgIpc) is 3.37. The minimum absolute atomic E-state index is 0.360. The zero-order valence-electron chi connectivity index (χ0n) is 14.4. The second-order valence-electron chi connectivity index (χ2n) is 6.84. The van der Waals surface area contributed by atoms with Crippen LogP contribution < -0.4 is 0 Å². The van der Waals surface area contributed by atoms with E-state index in [2.05, 4.69) is 15.1 Å². The van der Waals surface area contributed by atoms with E-state index in [1.165, 1.54) is 0 Å². The smallest absolute Gasteiger partial charge is 0.335 e. The van der Waals surface area contributed by atoms with Gasteiger partial charge >= 0.3 is 5.97 Å². The third kappa shape index (κ3) is 3.70. The fraction of sp³-hybridized carbons (Fsp3) is 0.300. The van der Waals surface area contributed by atoms with Gasteiger partial charge in [0.2, 0.25) is 0 Å². The second kappa shape index (κ2) is 7.17. The number of nitrogens with zero attached hydrogens (tertiary/aromatic N) is 2. The monoisotopic (exact) mass is 351 g/mol. The van der Waals surface area contributed by atoms with Crippen molar-refractivity contribution in [3.63, 3.8) is 0 Å². The Morgan fingerprint density at radius 3 is 3.04 bits per heavy atom. The van der Waals surface area contributed by atoms with Gasteiger partial charge in [0, 0.05) is 12.7 Å². The van der Waals surface area contributed by atoms with Crippen molar-refractivity contribution in [3.05, 3.63) is 65.5 Å². The first-order valence-electron chi connectivity index (χ1n) is 8.80. The van der Waals surface area contributed by atoms with Gasteiger partial charge in [0.1, 0.15) is 11.5 Å². The van der Waals surface area contributed by atoms with Crippen LogP contribution in [0, 0.1) is 5.92 Å². The minimum atomic E-state index is -0.870. The van der Waals surface area contributed by atoms with Gasteiger partial charge in [-0.2, -0.15) is 5.10 Å². The number of aromatic carboxylic acids is 1. The summed E-state index contributed by atoms with van der Waals surface area (Å²) >= 11 is 0. The Morgan fingerprint density at radius 2 is 2.23 bits per heavy atom. The maximum Gasteiger partial charge on any atom is 0.335 e. The minimum Gasteiger partial charge on any atom is -0.478 e. The van der Waals surface area contributed by atoms with Crippen LogP contribution in [-0.4, -0.2) is 39.3 Å². The average molecular weight is 351 g/mol. The maximum atomic E-state index is 11.1. The third-order valence-electron chi connectivity index (χ3n) is 4.88. The number of nitrogens with one attached hydrogen (secondary N) is 1. The van der Waals surface area contributed by atoms with E-state index in [-0.39, 0.29) is 0 Å². The maximum absolute atomic E-state index is 11.1. The summed E-state index contributed by atoms with van der Waals surface area (Å²) in [5.74, 6) is 1.42. The Morgan fingerprint density at radius 1 is 1.31 bits per heavy atom. The first-order chi connectivity index (χ1) is 12.7. The molecule has 0 radical (unpaired) electrons. The number of hydrogen-bond donors (Lipinski definition) is 2. The first-order valence-corrected chi connectivity index (χ1v) is 8.80. The van der Waals surface area contributed by atoms with E-state index in [0.717, 1.165) is 55.3 Å². The molecule has 1 aromatic carbocycles. The number of aromatic amines is 1. The fourth-order valence-corrected chi connectivity index (χ4v) is 3.61. The molecule has 1 fully saturated rings. The molecule has 0 spiro atoms. The molecule has 3 aromatic rings. The highest BCUT2D eigenvalue weighted by Gasteiger charge is 2.24. The van der Waals surface area contributed by atoms with Gasteiger partial charge in [-0.25, -0.2) is 4.79 Å². The molecule has 3 heterocycles. The number of hydrogen-bond acceptors (Lipinski definition) is 4. The highest BCUT2D eigenvalue weighted by molar-refractivity contribution is 5.87. The molecule has 2 aromatic heterocycles. The summed E-state index contributed by atoms with van der Waals surface area (Å²) in [5.41, 5.74) is 2.34. The molecule has 0 amide bonds. The molecule has 6 nitrogen and oxygen atoms in total. The molecule has 2 N–H and O–H groups in total. The van der Waals surface area contributed by atoms with Crippen LogP contribution in [-0.2, 0) is 13.0 Å². The third-order valence-corrected chi connectivity index (χ3v) is 4.88. The topological polar surface area (TPSA) is 82.4 Å². The Bertz CT molecular complexity index is 885. The van der Waals surface area contributed by atoms with Gasteiger partial charge < -0.3 is 9.52 Å². The van der Waals surface area contributed by atoms with E-state index in [1.54, 1.807) is 18.3 Å². The van der Waals surface area contributed by atoms with E-state index >= 15 is 0 Å². The molecule has 0 bridgehead atoms. The molecular weight excluding hydrogens is 330 g/mol. The van der Waals surface area contributed by atoms with Gasteiger partial charge in [-0.05, 0) is 61.2 Å². The summed E-state index contributed by atoms with van der Waals surface area (Å²) in [6.45, 7) is 2.82. The van der Waals surface area contributed by atoms with Crippen molar-refractivity contribution in [2.24, 2.45) is 5.92 Å². The molecular formula is C20H21N3O3. The Kier molecular flexibility index (Phi) is 4.58. The number of carboxylic acid groups (broad SMARTS) is 1. The zero-order valence-corrected chi connectivity index (χ0v) is 14.4. The number of likely N-dealkylation sites (tertiary alicyclic amines) is 1. The van der Waals surface area contributed by atoms with Gasteiger partial charge in [-0.3, -0.25) is 10.00 Å². The summed E-state index contributed by atoms with van der Waals surface area (Å²) in [6.07, 6.45) is 3.74. The molecule has 26 heavy (non-hydrogen) atoms. The van der Waals surface area contributed by atoms with Crippen molar-refractivity contribution in [1.29, 1.82) is 0 Å². The molecule has 4 rings (SSSR count). The van der Waals surface area contributed by atoms with E-state index in [9.17, 15) is 4.79 Å². The predicted octanol–water partition coefficient (Wildman–Crippen LogP) is 3.43. The van der Waals surface area contributed by atoms with Crippen molar-refractivity contribution in [2.45, 2.75) is 19.4 Å². The summed E-state index contributed by atoms with van der Waals surface area (Å²) in [4.78, 5) is 13.5. The summed E-state index contributed by atoms with van der Waals surface area (Å²) in [5, 5.41) is 16.0. The van der Waals surface area contributed by atoms with Crippen LogP contribution in [0.3, 0.4) is 0 Å². The number of rotatable bonds is 6. The quantitative estimate of drug-likeness (QED) is 0.711. The van der Waals surface area contributed by atoms with Gasteiger partial charge in [-0.15, -0.1) is 0 Å². The predicted molar refractivity (Wildman–Crippen MR) is 96.8 cm³/mol. The first kappa shape index (κ1) is 16.6. The number of aromatic nitrogens is 2. The molecule has 1 aliphatic rings. The molecule has 1 unspecified atom stereocenters. The van der Waals surface area contributed by atoms with Crippen LogP contribution in [0.15, 0.2) is 53.1 Å². The number of carboxylic acids is 1. The van der Waals surface area contributed by atoms with Gasteiger partial charge in [-0.1, -0.05) is 12.1 Å². The molecule has 134 valence electrons. The van der Waals surface area contributed by atoms with Gasteiger partial charge in [0.15, 0.2) is 5.76 Å². The van der Waals surface area contributed by atoms with Crippen LogP contribution in [0.25, 0.3) is 11.5 Å². The fourth-order valence-electron chi connectivity index (χ4n) is 3.61. The number of H-pyrrole nitrogens is 1. The van der Waals surface area contributed by atoms with Crippen molar-refractivity contribution in [2.75, 3.05) is 13.1 Å². The highest BCUT2D eigenvalue weighted by atomic mass is 16.4. The van der Waals surface area contributed by atoms with Crippen LogP contribution in [0.4, 0.5) is 0 Å². The van der Waals surface area contributed by atoms with Crippen LogP contribution >= 0.6 is 0 Å². The lowest BCUT2D eigenvalue weighted by Crippen LogP contribution is -2.20. The van der Waals surface area contributed by atoms with Crippen LogP contribution in [0.2, 0.25) is 0 Å². The SMILES string of the molecule is O=C(O)c1cccc(CC2CCN(Cc3ccc(-c4ccn[nH]4)o3)C2)c1. The summed E-state index contributed by atoms with van der Waals surface area (Å²) in [6, 6.07) is 13.1. The zero-order chi connectivity index (χ0) is 17.9. The lowest BCUT2D eigenvalue weighted by molar-refractivity contribution is 0.0696. The number of benzene rings is 1. The standard InChI is InChI=1S/C20H21N3O3/c24-20(25)16-3-1-2-14(11-16)10-15-7-9-23(12-15)13-17-4-5-19(26-17)18-6-8-21-22-18/h1-6,8,11,15H,7,9-10,12-13H2,(H,21,22)(H,24,25). The van der Waals surface area contributed by atoms with Crippen LogP contribution in [0.5, 0.6) is 0 Å². The molecule has 1 atom stereocenters. The Balaban J connectivity index is 1.34. The largest absolute Gasteiger partial charge is 0.478 e. The van der Waals surface area contributed by atoms with Crippen LogP contribution in [0.1, 0.15) is 28.1 Å². The molecule has 0 aliphatic carbocycles. The van der Waals surface area contributed by atoms with Crippen molar-refractivity contribution >= 4 is 5.97 Å². The van der Waals surface area contributed by atoms with Crippen molar-refractivity contribution < 1.29 is 14.3 Å². The number of carbonyl (C=O) groups is 1. The summed E-state index contributed by atoms with van der Waals surface area (Å²) < 4.78 is 5.91. The van der Waals surface area contributed by atoms with E-state index in [1.807, 2.05) is 30.3 Å². The second-order valence-corrected chi connectivity index (χ2v) is 6.84. The van der Waals surface area contributed by atoms with Gasteiger partial charge in [0.05, 0.1) is 12.1 Å². The molecule has 1 saturated heterocycles. The number of furan rings is 1. The van der Waals surface area contributed by atoms with E-state index in [4.69, 9.17) is 9.52 Å². The van der Waals surface area contributed by atoms with E-state index < -0.39 is 5.97 Å². The Labute approximate surface area is 151 Å². The molecule has 6 heteroatoms. The van der Waals surface area contributed by atoms with E-state index in [0.29, 0.717) is 11.5 Å². The van der Waals surface area contributed by atoms with Crippen molar-refractivity contribution in [3.8, 4) is 11.5 Å². The van der Waals surface area contributed by atoms with Gasteiger partial charge in [0.25, 0.3) is 0 Å². The normalized spacial score (nSPS) is 17.6. The van der Waals surface area contributed by atoms with Crippen molar-refractivity contribution in [1.82, 2.24) is 15.1 Å². The molecule has 1 aliphatic heterocycles. The highest BCUT2D eigenvalue weighted by Crippen LogP contribution is 2.25. The lowest BCUT2D eigenvalue weighted by Gasteiger charge is -2.14. The summed E-state index contributed by atoms with van der Waals surface area (Å²) in [7, 11) is 0. The Hall–Kier alpha value is -2.86. The molecule has 0 saturated carbocycles. The lowest BCUT2D eigenvalue weighted by atomic mass is 9.97.